The normalized spacial score (nSPS) is 10.3. The molecule has 0 aliphatic carbocycles. The molecule has 0 saturated carbocycles. The Balaban J connectivity index is 1.74. The van der Waals surface area contributed by atoms with Crippen LogP contribution in [0.25, 0.3) is 5.65 Å². The van der Waals surface area contributed by atoms with E-state index < -0.39 is 5.97 Å². The van der Waals surface area contributed by atoms with Crippen molar-refractivity contribution in [2.45, 2.75) is 20.1 Å². The highest BCUT2D eigenvalue weighted by molar-refractivity contribution is 5.86. The number of aliphatic carboxylic acids is 1. The molecule has 6 heteroatoms. The summed E-state index contributed by atoms with van der Waals surface area (Å²) in [7, 11) is 0. The van der Waals surface area contributed by atoms with Crippen molar-refractivity contribution in [2.75, 3.05) is 6.61 Å². The molecule has 0 bridgehead atoms. The number of nitrogens with zero attached hydrogens (tertiary/aromatic N) is 2. The SMILES string of the molecule is Cc1nc2c(OCc3ccccc3)cccn2c1COCC#CC(=O)O. The number of rotatable bonds is 6. The molecule has 0 radical (unpaired) electrons. The zero-order valence-corrected chi connectivity index (χ0v) is 14.3. The van der Waals surface area contributed by atoms with Crippen LogP contribution in [0.2, 0.25) is 0 Å². The molecule has 0 aliphatic rings. The zero-order chi connectivity index (χ0) is 18.4. The number of imidazole rings is 1. The van der Waals surface area contributed by atoms with Crippen molar-refractivity contribution in [2.24, 2.45) is 0 Å². The monoisotopic (exact) mass is 350 g/mol. The van der Waals surface area contributed by atoms with Crippen molar-refractivity contribution < 1.29 is 19.4 Å². The van der Waals surface area contributed by atoms with E-state index in [1.54, 1.807) is 0 Å². The summed E-state index contributed by atoms with van der Waals surface area (Å²) in [5.74, 6) is 3.98. The molecule has 0 atom stereocenters. The molecule has 2 aromatic heterocycles. The second-order valence-corrected chi connectivity index (χ2v) is 5.58. The van der Waals surface area contributed by atoms with Gasteiger partial charge >= 0.3 is 5.97 Å². The number of hydrogen-bond donors (Lipinski definition) is 1. The van der Waals surface area contributed by atoms with Gasteiger partial charge in [-0.2, -0.15) is 0 Å². The van der Waals surface area contributed by atoms with Crippen LogP contribution in [-0.4, -0.2) is 27.1 Å². The van der Waals surface area contributed by atoms with Crippen molar-refractivity contribution in [3.8, 4) is 17.6 Å². The van der Waals surface area contributed by atoms with Gasteiger partial charge in [0.1, 0.15) is 13.2 Å². The molecular weight excluding hydrogens is 332 g/mol. The maximum absolute atomic E-state index is 10.4. The summed E-state index contributed by atoms with van der Waals surface area (Å²) in [5.41, 5.74) is 3.50. The summed E-state index contributed by atoms with van der Waals surface area (Å²) in [5, 5.41) is 8.49. The molecule has 26 heavy (non-hydrogen) atoms. The molecule has 1 aromatic carbocycles. The maximum atomic E-state index is 10.4. The minimum absolute atomic E-state index is 0.0448. The van der Waals surface area contributed by atoms with Crippen LogP contribution in [0.5, 0.6) is 5.75 Å². The summed E-state index contributed by atoms with van der Waals surface area (Å²) < 4.78 is 13.3. The average molecular weight is 350 g/mol. The number of hydrogen-bond acceptors (Lipinski definition) is 4. The Morgan fingerprint density at radius 1 is 1.19 bits per heavy atom. The molecule has 0 aliphatic heterocycles. The number of pyridine rings is 1. The third-order valence-corrected chi connectivity index (χ3v) is 3.76. The number of carboxylic acid groups (broad SMARTS) is 1. The molecule has 2 heterocycles. The Bertz CT molecular complexity index is 968. The highest BCUT2D eigenvalue weighted by Crippen LogP contribution is 2.23. The maximum Gasteiger partial charge on any atom is 0.381 e. The van der Waals surface area contributed by atoms with E-state index in [-0.39, 0.29) is 13.2 Å². The molecule has 0 spiro atoms. The van der Waals surface area contributed by atoms with E-state index in [2.05, 4.69) is 10.9 Å². The summed E-state index contributed by atoms with van der Waals surface area (Å²) in [6, 6.07) is 13.7. The fourth-order valence-electron chi connectivity index (χ4n) is 2.54. The first kappa shape index (κ1) is 17.5. The van der Waals surface area contributed by atoms with Gasteiger partial charge in [0.05, 0.1) is 18.0 Å². The van der Waals surface area contributed by atoms with Crippen LogP contribution in [0.3, 0.4) is 0 Å². The fraction of sp³-hybridized carbons (Fsp3) is 0.200. The number of fused-ring (bicyclic) bond motifs is 1. The van der Waals surface area contributed by atoms with Crippen molar-refractivity contribution in [1.82, 2.24) is 9.38 Å². The molecule has 0 saturated heterocycles. The van der Waals surface area contributed by atoms with Crippen LogP contribution >= 0.6 is 0 Å². The van der Waals surface area contributed by atoms with Gasteiger partial charge in [-0.1, -0.05) is 36.3 Å². The standard InChI is InChI=1S/C20H18N2O4/c1-15-17(14-25-12-6-10-19(23)24)22-11-5-9-18(20(22)21-15)26-13-16-7-3-2-4-8-16/h2-5,7-9,11H,12-14H2,1H3,(H,23,24). The minimum Gasteiger partial charge on any atom is -0.485 e. The lowest BCUT2D eigenvalue weighted by Crippen LogP contribution is -2.01. The average Bonchev–Trinajstić information content (AvgIpc) is 2.96. The summed E-state index contributed by atoms with van der Waals surface area (Å²) in [6.45, 7) is 2.69. The van der Waals surface area contributed by atoms with Crippen LogP contribution in [0, 0.1) is 18.8 Å². The highest BCUT2D eigenvalue weighted by Gasteiger charge is 2.12. The van der Waals surface area contributed by atoms with Crippen LogP contribution in [0.15, 0.2) is 48.7 Å². The highest BCUT2D eigenvalue weighted by atomic mass is 16.5. The van der Waals surface area contributed by atoms with Gasteiger partial charge in [0, 0.05) is 12.1 Å². The molecule has 1 N–H and O–H groups in total. The summed E-state index contributed by atoms with van der Waals surface area (Å²) in [4.78, 5) is 14.9. The van der Waals surface area contributed by atoms with Crippen molar-refractivity contribution in [1.29, 1.82) is 0 Å². The lowest BCUT2D eigenvalue weighted by molar-refractivity contribution is -0.130. The van der Waals surface area contributed by atoms with Crippen LogP contribution in [0.4, 0.5) is 0 Å². The van der Waals surface area contributed by atoms with Crippen LogP contribution in [-0.2, 0) is 22.7 Å². The van der Waals surface area contributed by atoms with Gasteiger partial charge in [-0.3, -0.25) is 4.40 Å². The number of carboxylic acids is 1. The lowest BCUT2D eigenvalue weighted by Gasteiger charge is -2.08. The first-order chi connectivity index (χ1) is 12.6. The zero-order valence-electron chi connectivity index (χ0n) is 14.3. The van der Waals surface area contributed by atoms with Gasteiger partial charge in [-0.05, 0) is 24.6 Å². The predicted octanol–water partition coefficient (Wildman–Crippen LogP) is 2.83. The van der Waals surface area contributed by atoms with E-state index in [0.29, 0.717) is 12.4 Å². The Kier molecular flexibility index (Phi) is 5.52. The van der Waals surface area contributed by atoms with Gasteiger partial charge in [0.2, 0.25) is 0 Å². The van der Waals surface area contributed by atoms with Gasteiger partial charge in [-0.15, -0.1) is 0 Å². The molecule has 0 unspecified atom stereocenters. The van der Waals surface area contributed by atoms with E-state index in [0.717, 1.165) is 22.6 Å². The smallest absolute Gasteiger partial charge is 0.381 e. The number of ether oxygens (including phenoxy) is 2. The van der Waals surface area contributed by atoms with Crippen molar-refractivity contribution in [3.63, 3.8) is 0 Å². The first-order valence-electron chi connectivity index (χ1n) is 8.08. The van der Waals surface area contributed by atoms with Crippen molar-refractivity contribution >= 4 is 11.6 Å². The second kappa shape index (κ2) is 8.19. The van der Waals surface area contributed by atoms with Gasteiger partial charge in [0.25, 0.3) is 0 Å². The molecule has 132 valence electrons. The first-order valence-corrected chi connectivity index (χ1v) is 8.08. The number of aromatic nitrogens is 2. The second-order valence-electron chi connectivity index (χ2n) is 5.58. The minimum atomic E-state index is -1.17. The van der Waals surface area contributed by atoms with Crippen LogP contribution in [0.1, 0.15) is 17.0 Å². The third-order valence-electron chi connectivity index (χ3n) is 3.76. The largest absolute Gasteiger partial charge is 0.485 e. The van der Waals surface area contributed by atoms with Gasteiger partial charge in [-0.25, -0.2) is 9.78 Å². The number of benzene rings is 1. The molecule has 0 fully saturated rings. The molecular formula is C20H18N2O4. The van der Waals surface area contributed by atoms with E-state index >= 15 is 0 Å². The summed E-state index contributed by atoms with van der Waals surface area (Å²) >= 11 is 0. The topological polar surface area (TPSA) is 73.1 Å². The Hall–Kier alpha value is -3.30. The van der Waals surface area contributed by atoms with E-state index in [9.17, 15) is 4.79 Å². The third kappa shape index (κ3) is 4.21. The number of aryl methyl sites for hydroxylation is 1. The quantitative estimate of drug-likeness (QED) is 0.547. The van der Waals surface area contributed by atoms with Crippen LogP contribution < -0.4 is 4.74 Å². The fourth-order valence-corrected chi connectivity index (χ4v) is 2.54. The molecule has 6 nitrogen and oxygen atoms in total. The molecule has 3 rings (SSSR count). The molecule has 3 aromatic rings. The van der Waals surface area contributed by atoms with E-state index in [4.69, 9.17) is 14.6 Å². The number of carbonyl (C=O) groups is 1. The van der Waals surface area contributed by atoms with Gasteiger partial charge < -0.3 is 14.6 Å². The lowest BCUT2D eigenvalue weighted by atomic mass is 10.2. The van der Waals surface area contributed by atoms with E-state index in [1.807, 2.05) is 65.9 Å². The Morgan fingerprint density at radius 2 is 2.00 bits per heavy atom. The van der Waals surface area contributed by atoms with E-state index in [1.165, 1.54) is 0 Å². The molecule has 0 amide bonds. The summed E-state index contributed by atoms with van der Waals surface area (Å²) in [6.07, 6.45) is 1.90. The predicted molar refractivity (Wildman–Crippen MR) is 95.8 cm³/mol. The van der Waals surface area contributed by atoms with Crippen molar-refractivity contribution in [3.05, 3.63) is 65.6 Å². The Labute approximate surface area is 151 Å². The van der Waals surface area contributed by atoms with Gasteiger partial charge in [0.15, 0.2) is 11.4 Å². The Morgan fingerprint density at radius 3 is 2.77 bits per heavy atom.